The van der Waals surface area contributed by atoms with E-state index in [-0.39, 0.29) is 6.42 Å². The molecule has 1 aliphatic heterocycles. The Balaban J connectivity index is 2.04. The zero-order valence-electron chi connectivity index (χ0n) is 12.6. The summed E-state index contributed by atoms with van der Waals surface area (Å²) in [6, 6.07) is 8.64. The Morgan fingerprint density at radius 1 is 1.33 bits per heavy atom. The smallest absolute Gasteiger partial charge is 0.332 e. The highest BCUT2D eigenvalue weighted by atomic mass is 16.6. The third-order valence-corrected chi connectivity index (χ3v) is 3.38. The van der Waals surface area contributed by atoms with E-state index in [2.05, 4.69) is 0 Å². The molecule has 2 rings (SSSR count). The maximum Gasteiger partial charge on any atom is 0.332 e. The highest BCUT2D eigenvalue weighted by Gasteiger charge is 2.44. The molecular weight excluding hydrogens is 270 g/mol. The maximum atomic E-state index is 12.1. The minimum absolute atomic E-state index is 0.277. The second-order valence-corrected chi connectivity index (χ2v) is 6.35. The van der Waals surface area contributed by atoms with Gasteiger partial charge in [0.05, 0.1) is 0 Å². The van der Waals surface area contributed by atoms with E-state index in [9.17, 15) is 14.8 Å². The zero-order valence-corrected chi connectivity index (χ0v) is 12.6. The molecule has 2 atom stereocenters. The van der Waals surface area contributed by atoms with Gasteiger partial charge >= 0.3 is 5.97 Å². The number of carbonyl (C=O) groups is 2. The molecule has 21 heavy (non-hydrogen) atoms. The zero-order chi connectivity index (χ0) is 15.6. The van der Waals surface area contributed by atoms with Gasteiger partial charge in [-0.05, 0) is 39.2 Å². The van der Waals surface area contributed by atoms with Crippen molar-refractivity contribution in [2.75, 3.05) is 0 Å². The van der Waals surface area contributed by atoms with Crippen LogP contribution in [0.25, 0.3) is 0 Å². The summed E-state index contributed by atoms with van der Waals surface area (Å²) in [4.78, 5) is 24.1. The fourth-order valence-corrected chi connectivity index (χ4v) is 2.45. The number of nitrogens with zero attached hydrogens (tertiary/aromatic N) is 1. The van der Waals surface area contributed by atoms with E-state index in [0.29, 0.717) is 11.5 Å². The van der Waals surface area contributed by atoms with E-state index < -0.39 is 29.4 Å². The lowest BCUT2D eigenvalue weighted by Crippen LogP contribution is -2.40. The van der Waals surface area contributed by atoms with Crippen molar-refractivity contribution in [3.63, 3.8) is 0 Å². The Bertz CT molecular complexity index is 521. The number of carbonyl (C=O) groups excluding carboxylic acids is 2. The number of hydroxylamine groups is 2. The van der Waals surface area contributed by atoms with Gasteiger partial charge in [-0.15, -0.1) is 0 Å². The van der Waals surface area contributed by atoms with Gasteiger partial charge in [-0.1, -0.05) is 30.3 Å². The van der Waals surface area contributed by atoms with E-state index in [0.717, 1.165) is 5.56 Å². The van der Waals surface area contributed by atoms with Crippen LogP contribution in [0.1, 0.15) is 32.8 Å². The van der Waals surface area contributed by atoms with Crippen LogP contribution in [0.2, 0.25) is 0 Å². The minimum Gasteiger partial charge on any atom is -0.458 e. The Hall–Kier alpha value is -1.88. The van der Waals surface area contributed by atoms with Crippen LogP contribution in [0.5, 0.6) is 0 Å². The molecule has 0 aromatic heterocycles. The summed E-state index contributed by atoms with van der Waals surface area (Å²) in [7, 11) is 0. The summed E-state index contributed by atoms with van der Waals surface area (Å²) < 4.78 is 5.25. The van der Waals surface area contributed by atoms with Crippen molar-refractivity contribution in [2.24, 2.45) is 5.92 Å². The molecule has 0 saturated carbocycles. The summed E-state index contributed by atoms with van der Waals surface area (Å²) in [5.74, 6) is -1.38. The van der Waals surface area contributed by atoms with Gasteiger partial charge in [0.2, 0.25) is 5.91 Å². The van der Waals surface area contributed by atoms with Crippen LogP contribution in [0.3, 0.4) is 0 Å². The van der Waals surface area contributed by atoms with Gasteiger partial charge < -0.3 is 4.74 Å². The summed E-state index contributed by atoms with van der Waals surface area (Å²) >= 11 is 0. The maximum absolute atomic E-state index is 12.1. The van der Waals surface area contributed by atoms with Crippen LogP contribution >= 0.6 is 0 Å². The number of rotatable bonds is 3. The molecule has 5 nitrogen and oxygen atoms in total. The largest absolute Gasteiger partial charge is 0.458 e. The predicted octanol–water partition coefficient (Wildman–Crippen LogP) is 2.18. The quantitative estimate of drug-likeness (QED) is 0.684. The number of hydrogen-bond donors (Lipinski definition) is 1. The molecule has 5 heteroatoms. The van der Waals surface area contributed by atoms with Gasteiger partial charge in [0.25, 0.3) is 0 Å². The molecule has 1 aromatic carbocycles. The molecule has 1 aromatic rings. The van der Waals surface area contributed by atoms with Crippen LogP contribution in [-0.4, -0.2) is 33.8 Å². The summed E-state index contributed by atoms with van der Waals surface area (Å²) in [5.41, 5.74) is 0.368. The molecule has 0 unspecified atom stereocenters. The number of esters is 1. The minimum atomic E-state index is -0.912. The predicted molar refractivity (Wildman–Crippen MR) is 76.5 cm³/mol. The lowest BCUT2D eigenvalue weighted by atomic mass is 9.96. The number of ether oxygens (including phenoxy) is 1. The van der Waals surface area contributed by atoms with E-state index in [1.807, 2.05) is 30.3 Å². The average molecular weight is 291 g/mol. The molecule has 0 bridgehead atoms. The van der Waals surface area contributed by atoms with Crippen LogP contribution < -0.4 is 0 Å². The Morgan fingerprint density at radius 2 is 1.95 bits per heavy atom. The SMILES string of the molecule is CC(C)(C)OC(=O)[C@@H]1C[C@H](Cc2ccccc2)C(=O)N1O. The highest BCUT2D eigenvalue weighted by Crippen LogP contribution is 2.28. The number of hydrogen-bond acceptors (Lipinski definition) is 4. The third kappa shape index (κ3) is 3.82. The van der Waals surface area contributed by atoms with Crippen molar-refractivity contribution in [2.45, 2.75) is 45.3 Å². The first-order chi connectivity index (χ1) is 9.78. The van der Waals surface area contributed by atoms with E-state index in [1.54, 1.807) is 20.8 Å². The molecule has 114 valence electrons. The molecule has 1 fully saturated rings. The molecule has 0 radical (unpaired) electrons. The van der Waals surface area contributed by atoms with Crippen LogP contribution in [0.4, 0.5) is 0 Å². The Morgan fingerprint density at radius 3 is 2.52 bits per heavy atom. The normalized spacial score (nSPS) is 22.5. The second-order valence-electron chi connectivity index (χ2n) is 6.35. The molecular formula is C16H21NO4. The summed E-state index contributed by atoms with van der Waals surface area (Å²) in [6.45, 7) is 5.26. The Kier molecular flexibility index (Phi) is 4.32. The Labute approximate surface area is 124 Å². The fraction of sp³-hybridized carbons (Fsp3) is 0.500. The first-order valence-corrected chi connectivity index (χ1v) is 7.06. The number of amides is 1. The van der Waals surface area contributed by atoms with Crippen molar-refractivity contribution in [1.82, 2.24) is 5.06 Å². The van der Waals surface area contributed by atoms with E-state index >= 15 is 0 Å². The fourth-order valence-electron chi connectivity index (χ4n) is 2.45. The van der Waals surface area contributed by atoms with E-state index in [1.165, 1.54) is 0 Å². The lowest BCUT2D eigenvalue weighted by molar-refractivity contribution is -0.185. The van der Waals surface area contributed by atoms with Gasteiger partial charge in [0, 0.05) is 5.92 Å². The second kappa shape index (κ2) is 5.85. The van der Waals surface area contributed by atoms with Gasteiger partial charge in [-0.25, -0.2) is 9.86 Å². The van der Waals surface area contributed by atoms with Crippen LogP contribution in [0.15, 0.2) is 30.3 Å². The van der Waals surface area contributed by atoms with Crippen molar-refractivity contribution < 1.29 is 19.5 Å². The monoisotopic (exact) mass is 291 g/mol. The topological polar surface area (TPSA) is 66.8 Å². The third-order valence-electron chi connectivity index (χ3n) is 3.38. The van der Waals surface area contributed by atoms with Gasteiger partial charge in [-0.2, -0.15) is 0 Å². The van der Waals surface area contributed by atoms with Crippen molar-refractivity contribution in [1.29, 1.82) is 0 Å². The molecule has 1 N–H and O–H groups in total. The highest BCUT2D eigenvalue weighted by molar-refractivity contribution is 5.89. The van der Waals surface area contributed by atoms with Crippen molar-refractivity contribution in [3.8, 4) is 0 Å². The molecule has 1 amide bonds. The molecule has 1 saturated heterocycles. The summed E-state index contributed by atoms with van der Waals surface area (Å²) in [5, 5.41) is 10.4. The van der Waals surface area contributed by atoms with Gasteiger partial charge in [-0.3, -0.25) is 10.0 Å². The lowest BCUT2D eigenvalue weighted by Gasteiger charge is -2.23. The van der Waals surface area contributed by atoms with Crippen LogP contribution in [-0.2, 0) is 20.7 Å². The molecule has 0 aliphatic carbocycles. The first-order valence-electron chi connectivity index (χ1n) is 7.06. The molecule has 1 aliphatic rings. The summed E-state index contributed by atoms with van der Waals surface area (Å²) in [6.07, 6.45) is 0.787. The molecule has 0 spiro atoms. The van der Waals surface area contributed by atoms with Crippen molar-refractivity contribution >= 4 is 11.9 Å². The van der Waals surface area contributed by atoms with E-state index in [4.69, 9.17) is 4.74 Å². The number of benzene rings is 1. The van der Waals surface area contributed by atoms with Crippen molar-refractivity contribution in [3.05, 3.63) is 35.9 Å². The van der Waals surface area contributed by atoms with Gasteiger partial charge in [0.1, 0.15) is 5.60 Å². The van der Waals surface area contributed by atoms with Crippen LogP contribution in [0, 0.1) is 5.92 Å². The molecule has 1 heterocycles. The standard InChI is InChI=1S/C16H21NO4/c1-16(2,3)21-15(19)13-10-12(14(18)17(13)20)9-11-7-5-4-6-8-11/h4-8,12-13,20H,9-10H2,1-3H3/t12-,13-/m0/s1. The average Bonchev–Trinajstić information content (AvgIpc) is 2.66. The van der Waals surface area contributed by atoms with Gasteiger partial charge in [0.15, 0.2) is 6.04 Å². The first kappa shape index (κ1) is 15.5.